The van der Waals surface area contributed by atoms with Gasteiger partial charge in [-0.1, -0.05) is 60.3 Å². The second-order valence-corrected chi connectivity index (χ2v) is 9.25. The van der Waals surface area contributed by atoms with Gasteiger partial charge in [-0.3, -0.25) is 0 Å². The van der Waals surface area contributed by atoms with Crippen molar-refractivity contribution in [3.63, 3.8) is 0 Å². The molecule has 7 heteroatoms. The number of thiocarbonyl (C=S) groups is 1. The molecule has 1 heterocycles. The summed E-state index contributed by atoms with van der Waals surface area (Å²) in [5.41, 5.74) is 0.999. The smallest absolute Gasteiger partial charge is 0.220 e. The molecule has 1 aromatic carbocycles. The molecule has 140 valence electrons. The van der Waals surface area contributed by atoms with Crippen LogP contribution in [0, 0.1) is 5.92 Å². The van der Waals surface area contributed by atoms with Gasteiger partial charge in [0.2, 0.25) is 4.38 Å². The third kappa shape index (κ3) is 5.88. The topological polar surface area (TPSA) is 27.1 Å². The molecule has 1 aromatic heterocycles. The molecule has 0 spiro atoms. The zero-order valence-electron chi connectivity index (χ0n) is 14.4. The molecule has 26 heavy (non-hydrogen) atoms. The van der Waals surface area contributed by atoms with Crippen molar-refractivity contribution in [2.24, 2.45) is 5.92 Å². The van der Waals surface area contributed by atoms with Crippen molar-refractivity contribution >= 4 is 51.6 Å². The number of halogens is 2. The molecule has 0 N–H and O–H groups in total. The van der Waals surface area contributed by atoms with Crippen LogP contribution in [0.15, 0.2) is 36.9 Å². The number of imidazole rings is 1. The summed E-state index contributed by atoms with van der Waals surface area (Å²) in [6.07, 6.45) is 11.9. The van der Waals surface area contributed by atoms with Gasteiger partial charge in [0.25, 0.3) is 0 Å². The van der Waals surface area contributed by atoms with Crippen LogP contribution in [0.2, 0.25) is 10.0 Å². The monoisotopic (exact) mass is 428 g/mol. The van der Waals surface area contributed by atoms with E-state index in [1.807, 2.05) is 22.9 Å². The Bertz CT molecular complexity index is 718. The minimum absolute atomic E-state index is 0.0350. The lowest BCUT2D eigenvalue weighted by atomic mass is 9.90. The number of hydrogen-bond acceptors (Lipinski definition) is 4. The Balaban J connectivity index is 1.65. The first-order valence-electron chi connectivity index (χ1n) is 8.86. The van der Waals surface area contributed by atoms with Gasteiger partial charge in [-0.2, -0.15) is 0 Å². The van der Waals surface area contributed by atoms with Gasteiger partial charge in [0.15, 0.2) is 0 Å². The van der Waals surface area contributed by atoms with Crippen LogP contribution in [0.3, 0.4) is 0 Å². The molecule has 1 aliphatic rings. The van der Waals surface area contributed by atoms with Gasteiger partial charge in [0.05, 0.1) is 18.2 Å². The molecule has 3 nitrogen and oxygen atoms in total. The SMILES string of the molecule is S=C(OCC1CCCCC1)SC(Cn1ccnc1)c1ccc(Cl)cc1Cl. The summed E-state index contributed by atoms with van der Waals surface area (Å²) < 4.78 is 8.51. The van der Waals surface area contributed by atoms with Crippen molar-refractivity contribution in [3.8, 4) is 0 Å². The average Bonchev–Trinajstić information content (AvgIpc) is 3.13. The minimum Gasteiger partial charge on any atom is -0.478 e. The first-order valence-corrected chi connectivity index (χ1v) is 10.9. The number of hydrogen-bond donors (Lipinski definition) is 0. The Morgan fingerprint density at radius 1 is 1.31 bits per heavy atom. The summed E-state index contributed by atoms with van der Waals surface area (Å²) in [5, 5.41) is 1.30. The molecular formula is C19H22Cl2N2OS2. The van der Waals surface area contributed by atoms with E-state index < -0.39 is 0 Å². The quantitative estimate of drug-likeness (QED) is 0.487. The highest BCUT2D eigenvalue weighted by atomic mass is 35.5. The standard InChI is InChI=1S/C19H22Cl2N2OS2/c20-15-6-7-16(17(21)10-15)18(11-23-9-8-22-13-23)26-19(25)24-12-14-4-2-1-3-5-14/h6-10,13-14,18H,1-5,11-12H2. The molecule has 2 aromatic rings. The number of nitrogens with zero attached hydrogens (tertiary/aromatic N) is 2. The van der Waals surface area contributed by atoms with Gasteiger partial charge < -0.3 is 9.30 Å². The van der Waals surface area contributed by atoms with Crippen LogP contribution in [0.5, 0.6) is 0 Å². The molecule has 0 saturated heterocycles. The lowest BCUT2D eigenvalue weighted by molar-refractivity contribution is 0.208. The number of aromatic nitrogens is 2. The predicted octanol–water partition coefficient (Wildman–Crippen LogP) is 6.55. The molecule has 3 rings (SSSR count). The first-order chi connectivity index (χ1) is 12.6. The number of benzene rings is 1. The van der Waals surface area contributed by atoms with Gasteiger partial charge >= 0.3 is 0 Å². The van der Waals surface area contributed by atoms with Gasteiger partial charge in [-0.25, -0.2) is 4.98 Å². The van der Waals surface area contributed by atoms with Crippen LogP contribution in [-0.2, 0) is 11.3 Å². The van der Waals surface area contributed by atoms with Crippen molar-refractivity contribution in [3.05, 3.63) is 52.5 Å². The summed E-state index contributed by atoms with van der Waals surface area (Å²) in [6.45, 7) is 1.43. The molecular weight excluding hydrogens is 407 g/mol. The summed E-state index contributed by atoms with van der Waals surface area (Å²) in [6, 6.07) is 5.59. The molecule has 1 atom stereocenters. The maximum atomic E-state index is 6.44. The number of thioether (sulfide) groups is 1. The highest BCUT2D eigenvalue weighted by molar-refractivity contribution is 8.22. The molecule has 1 aliphatic carbocycles. The highest BCUT2D eigenvalue weighted by Crippen LogP contribution is 2.37. The second-order valence-electron chi connectivity index (χ2n) is 6.60. The fourth-order valence-electron chi connectivity index (χ4n) is 3.24. The van der Waals surface area contributed by atoms with Gasteiger partial charge in [0.1, 0.15) is 0 Å². The van der Waals surface area contributed by atoms with Crippen LogP contribution < -0.4 is 0 Å². The van der Waals surface area contributed by atoms with Crippen molar-refractivity contribution in [1.82, 2.24) is 9.55 Å². The van der Waals surface area contributed by atoms with Crippen molar-refractivity contribution in [2.45, 2.75) is 43.9 Å². The van der Waals surface area contributed by atoms with Crippen molar-refractivity contribution in [1.29, 1.82) is 0 Å². The number of ether oxygens (including phenoxy) is 1. The van der Waals surface area contributed by atoms with E-state index in [-0.39, 0.29) is 5.25 Å². The van der Waals surface area contributed by atoms with E-state index in [9.17, 15) is 0 Å². The molecule has 0 bridgehead atoms. The lowest BCUT2D eigenvalue weighted by Gasteiger charge is -2.23. The van der Waals surface area contributed by atoms with E-state index in [2.05, 4.69) is 4.98 Å². The van der Waals surface area contributed by atoms with Crippen molar-refractivity contribution < 1.29 is 4.74 Å². The fourth-order valence-corrected chi connectivity index (χ4v) is 5.21. The summed E-state index contributed by atoms with van der Waals surface area (Å²) in [4.78, 5) is 4.12. The highest BCUT2D eigenvalue weighted by Gasteiger charge is 2.21. The van der Waals surface area contributed by atoms with Gasteiger partial charge in [-0.15, -0.1) is 0 Å². The van der Waals surface area contributed by atoms with E-state index in [1.54, 1.807) is 18.6 Å². The van der Waals surface area contributed by atoms with Crippen LogP contribution in [0.1, 0.15) is 42.9 Å². The second kappa shape index (κ2) is 9.98. The molecule has 1 saturated carbocycles. The zero-order chi connectivity index (χ0) is 18.4. The van der Waals surface area contributed by atoms with Crippen LogP contribution in [-0.4, -0.2) is 20.5 Å². The van der Waals surface area contributed by atoms with E-state index >= 15 is 0 Å². The zero-order valence-corrected chi connectivity index (χ0v) is 17.6. The number of rotatable bonds is 6. The summed E-state index contributed by atoms with van der Waals surface area (Å²) in [7, 11) is 0. The third-order valence-electron chi connectivity index (χ3n) is 4.65. The van der Waals surface area contributed by atoms with Gasteiger partial charge in [0, 0.05) is 29.0 Å². The minimum atomic E-state index is 0.0350. The van der Waals surface area contributed by atoms with E-state index in [0.717, 1.165) is 12.2 Å². The largest absolute Gasteiger partial charge is 0.478 e. The maximum Gasteiger partial charge on any atom is 0.220 e. The molecule has 0 radical (unpaired) electrons. The Morgan fingerprint density at radius 3 is 2.81 bits per heavy atom. The summed E-state index contributed by atoms with van der Waals surface area (Å²) >= 11 is 19.5. The molecule has 0 amide bonds. The summed E-state index contributed by atoms with van der Waals surface area (Å²) in [5.74, 6) is 0.633. The van der Waals surface area contributed by atoms with Crippen molar-refractivity contribution in [2.75, 3.05) is 6.61 Å². The maximum absolute atomic E-state index is 6.44. The fraction of sp³-hybridized carbons (Fsp3) is 0.474. The Kier molecular flexibility index (Phi) is 7.67. The van der Waals surface area contributed by atoms with Crippen LogP contribution in [0.25, 0.3) is 0 Å². The van der Waals surface area contributed by atoms with E-state index in [4.69, 9.17) is 40.2 Å². The third-order valence-corrected chi connectivity index (χ3v) is 6.61. The predicted molar refractivity (Wildman–Crippen MR) is 114 cm³/mol. The van der Waals surface area contributed by atoms with E-state index in [1.165, 1.54) is 43.9 Å². The molecule has 1 unspecified atom stereocenters. The van der Waals surface area contributed by atoms with Crippen LogP contribution >= 0.6 is 47.2 Å². The van der Waals surface area contributed by atoms with Crippen LogP contribution in [0.4, 0.5) is 0 Å². The van der Waals surface area contributed by atoms with E-state index in [0.29, 0.717) is 26.9 Å². The normalized spacial score (nSPS) is 16.4. The lowest BCUT2D eigenvalue weighted by Crippen LogP contribution is -2.16. The Hall–Kier alpha value is -0.750. The Labute approximate surface area is 174 Å². The molecule has 0 aliphatic heterocycles. The van der Waals surface area contributed by atoms with Gasteiger partial charge in [-0.05, 0) is 48.7 Å². The Morgan fingerprint density at radius 2 is 2.12 bits per heavy atom. The average molecular weight is 429 g/mol. The first kappa shape index (κ1) is 20.0. The molecule has 1 fully saturated rings.